The summed E-state index contributed by atoms with van der Waals surface area (Å²) >= 11 is 0. The lowest BCUT2D eigenvalue weighted by molar-refractivity contribution is -0.143. The van der Waals surface area contributed by atoms with Gasteiger partial charge in [-0.2, -0.15) is 26.3 Å². The van der Waals surface area contributed by atoms with Gasteiger partial charge in [-0.1, -0.05) is 0 Å². The van der Waals surface area contributed by atoms with E-state index in [1.165, 1.54) is 12.1 Å². The van der Waals surface area contributed by atoms with Crippen molar-refractivity contribution in [1.82, 2.24) is 10.2 Å². The molecule has 0 saturated carbocycles. The van der Waals surface area contributed by atoms with Crippen LogP contribution in [0, 0.1) is 0 Å². The first-order valence-corrected chi connectivity index (χ1v) is 7.08. The zero-order chi connectivity index (χ0) is 19.5. The molecule has 11 heteroatoms. The summed E-state index contributed by atoms with van der Waals surface area (Å²) < 4.78 is 81.8. The largest absolute Gasteiger partial charge is 0.477 e. The Kier molecular flexibility index (Phi) is 5.38. The maximum Gasteiger partial charge on any atom is 0.416 e. The van der Waals surface area contributed by atoms with E-state index in [1.807, 2.05) is 5.32 Å². The molecule has 0 spiro atoms. The van der Waals surface area contributed by atoms with E-state index in [0.29, 0.717) is 18.7 Å². The highest BCUT2D eigenvalue weighted by Gasteiger charge is 2.37. The minimum Gasteiger partial charge on any atom is -0.477 e. The highest BCUT2D eigenvalue weighted by Crippen LogP contribution is 2.37. The summed E-state index contributed by atoms with van der Waals surface area (Å²) in [7, 11) is 0. The molecule has 0 bridgehead atoms. The van der Waals surface area contributed by atoms with Crippen LogP contribution < -0.4 is 10.1 Å². The number of anilines is 1. The van der Waals surface area contributed by atoms with Crippen molar-refractivity contribution >= 4 is 11.6 Å². The van der Waals surface area contributed by atoms with Gasteiger partial charge in [0.15, 0.2) is 5.69 Å². The van der Waals surface area contributed by atoms with Crippen LogP contribution in [0.5, 0.6) is 5.88 Å². The molecule has 1 aromatic heterocycles. The average Bonchev–Trinajstić information content (AvgIpc) is 2.54. The molecular weight excluding hydrogens is 368 g/mol. The molecule has 0 aliphatic carbocycles. The standard InChI is InChI=1S/C15H11F6N3O2/c1-2-26-12-4-3-11(23-24-12)13(25)22-10-6-8(14(16,17)18)5-9(7-10)15(19,20)21/h3-7H,2H2,1H3,(H,22,25). The summed E-state index contributed by atoms with van der Waals surface area (Å²) in [6.07, 6.45) is -10.0. The molecule has 140 valence electrons. The number of ether oxygens (including phenoxy) is 1. The Balaban J connectivity index is 2.31. The Morgan fingerprint density at radius 3 is 2.00 bits per heavy atom. The van der Waals surface area contributed by atoms with Gasteiger partial charge >= 0.3 is 12.4 Å². The lowest BCUT2D eigenvalue weighted by Gasteiger charge is -2.14. The molecule has 2 rings (SSSR count). The summed E-state index contributed by atoms with van der Waals surface area (Å²) in [5.74, 6) is -0.907. The summed E-state index contributed by atoms with van der Waals surface area (Å²) in [6.45, 7) is 1.98. The van der Waals surface area contributed by atoms with Crippen LogP contribution in [-0.4, -0.2) is 22.7 Å². The second-order valence-corrected chi connectivity index (χ2v) is 4.94. The van der Waals surface area contributed by atoms with Crippen LogP contribution in [0.25, 0.3) is 0 Å². The van der Waals surface area contributed by atoms with E-state index in [2.05, 4.69) is 10.2 Å². The first-order valence-electron chi connectivity index (χ1n) is 7.08. The highest BCUT2D eigenvalue weighted by atomic mass is 19.4. The number of halogens is 6. The monoisotopic (exact) mass is 379 g/mol. The van der Waals surface area contributed by atoms with E-state index in [9.17, 15) is 31.1 Å². The second kappa shape index (κ2) is 7.18. The fourth-order valence-corrected chi connectivity index (χ4v) is 1.89. The number of rotatable bonds is 4. The zero-order valence-corrected chi connectivity index (χ0v) is 13.1. The van der Waals surface area contributed by atoms with E-state index in [0.717, 1.165) is 0 Å². The smallest absolute Gasteiger partial charge is 0.416 e. The molecule has 1 N–H and O–H groups in total. The van der Waals surface area contributed by atoms with Crippen LogP contribution in [-0.2, 0) is 12.4 Å². The summed E-state index contributed by atoms with van der Waals surface area (Å²) in [5, 5.41) is 9.01. The van der Waals surface area contributed by atoms with E-state index in [4.69, 9.17) is 4.74 Å². The number of hydrogen-bond donors (Lipinski definition) is 1. The third kappa shape index (κ3) is 4.83. The van der Waals surface area contributed by atoms with Crippen molar-refractivity contribution < 1.29 is 35.9 Å². The van der Waals surface area contributed by atoms with E-state index in [-0.39, 0.29) is 17.6 Å². The van der Waals surface area contributed by atoms with Crippen LogP contribution in [0.3, 0.4) is 0 Å². The van der Waals surface area contributed by atoms with Gasteiger partial charge in [0.25, 0.3) is 5.91 Å². The zero-order valence-electron chi connectivity index (χ0n) is 13.1. The maximum atomic E-state index is 12.8. The Hall–Kier alpha value is -2.85. The predicted molar refractivity (Wildman–Crippen MR) is 77.6 cm³/mol. The first-order chi connectivity index (χ1) is 12.0. The van der Waals surface area contributed by atoms with Crippen LogP contribution in [0.1, 0.15) is 28.5 Å². The predicted octanol–water partition coefficient (Wildman–Crippen LogP) is 4.17. The third-order valence-electron chi connectivity index (χ3n) is 3.01. The second-order valence-electron chi connectivity index (χ2n) is 4.94. The number of carbonyl (C=O) groups is 1. The number of aromatic nitrogens is 2. The fraction of sp³-hybridized carbons (Fsp3) is 0.267. The minimum atomic E-state index is -5.01. The van der Waals surface area contributed by atoms with E-state index >= 15 is 0 Å². The van der Waals surface area contributed by atoms with Gasteiger partial charge < -0.3 is 10.1 Å². The molecule has 0 radical (unpaired) electrons. The Bertz CT molecular complexity index is 755. The number of alkyl halides is 6. The number of amides is 1. The lowest BCUT2D eigenvalue weighted by Crippen LogP contribution is -2.17. The molecule has 0 fully saturated rings. The van der Waals surface area contributed by atoms with Crippen molar-refractivity contribution in [2.45, 2.75) is 19.3 Å². The fourth-order valence-electron chi connectivity index (χ4n) is 1.89. The van der Waals surface area contributed by atoms with Crippen molar-refractivity contribution in [2.75, 3.05) is 11.9 Å². The summed E-state index contributed by atoms with van der Waals surface area (Å²) in [5.41, 5.74) is -4.06. The molecule has 0 unspecified atom stereocenters. The summed E-state index contributed by atoms with van der Waals surface area (Å²) in [6, 6.07) is 3.22. The van der Waals surface area contributed by atoms with Gasteiger partial charge in [-0.3, -0.25) is 4.79 Å². The third-order valence-corrected chi connectivity index (χ3v) is 3.01. The normalized spacial score (nSPS) is 12.0. The average molecular weight is 379 g/mol. The van der Waals surface area contributed by atoms with Gasteiger partial charge in [0.2, 0.25) is 5.88 Å². The van der Waals surface area contributed by atoms with Gasteiger partial charge in [0, 0.05) is 11.8 Å². The van der Waals surface area contributed by atoms with Crippen LogP contribution in [0.15, 0.2) is 30.3 Å². The van der Waals surface area contributed by atoms with Gasteiger partial charge in [0.05, 0.1) is 17.7 Å². The number of hydrogen-bond acceptors (Lipinski definition) is 4. The van der Waals surface area contributed by atoms with Crippen LogP contribution in [0.4, 0.5) is 32.0 Å². The van der Waals surface area contributed by atoms with Gasteiger partial charge in [-0.15, -0.1) is 10.2 Å². The number of benzene rings is 1. The van der Waals surface area contributed by atoms with Gasteiger partial charge in [-0.05, 0) is 31.2 Å². The minimum absolute atomic E-state index is 0.0354. The Morgan fingerprint density at radius 2 is 1.58 bits per heavy atom. The highest BCUT2D eigenvalue weighted by molar-refractivity contribution is 6.02. The van der Waals surface area contributed by atoms with E-state index < -0.39 is 35.1 Å². The Morgan fingerprint density at radius 1 is 1.00 bits per heavy atom. The number of carbonyl (C=O) groups excluding carboxylic acids is 1. The molecule has 0 atom stereocenters. The molecule has 26 heavy (non-hydrogen) atoms. The number of nitrogens with zero attached hydrogens (tertiary/aromatic N) is 2. The van der Waals surface area contributed by atoms with Crippen molar-refractivity contribution in [3.8, 4) is 5.88 Å². The molecule has 1 heterocycles. The lowest BCUT2D eigenvalue weighted by atomic mass is 10.1. The topological polar surface area (TPSA) is 64.1 Å². The maximum absolute atomic E-state index is 12.8. The van der Waals surface area contributed by atoms with Crippen molar-refractivity contribution in [3.05, 3.63) is 47.2 Å². The Labute approximate surface area is 143 Å². The molecule has 1 aromatic carbocycles. The van der Waals surface area contributed by atoms with Crippen LogP contribution >= 0.6 is 0 Å². The summed E-state index contributed by atoms with van der Waals surface area (Å²) in [4.78, 5) is 12.0. The van der Waals surface area contributed by atoms with Crippen LogP contribution in [0.2, 0.25) is 0 Å². The SMILES string of the molecule is CCOc1ccc(C(=O)Nc2cc(C(F)(F)F)cc(C(F)(F)F)c2)nn1. The molecule has 2 aromatic rings. The van der Waals surface area contributed by atoms with Crippen molar-refractivity contribution in [2.24, 2.45) is 0 Å². The molecular formula is C15H11F6N3O2. The molecule has 0 saturated heterocycles. The molecule has 0 aliphatic rings. The van der Waals surface area contributed by atoms with Crippen molar-refractivity contribution in [1.29, 1.82) is 0 Å². The number of nitrogens with one attached hydrogen (secondary N) is 1. The van der Waals surface area contributed by atoms with Gasteiger partial charge in [0.1, 0.15) is 0 Å². The first kappa shape index (κ1) is 19.5. The van der Waals surface area contributed by atoms with E-state index in [1.54, 1.807) is 6.92 Å². The van der Waals surface area contributed by atoms with Gasteiger partial charge in [-0.25, -0.2) is 0 Å². The molecule has 1 amide bonds. The quantitative estimate of drug-likeness (QED) is 0.810. The van der Waals surface area contributed by atoms with Crippen molar-refractivity contribution in [3.63, 3.8) is 0 Å². The molecule has 0 aliphatic heterocycles. The molecule has 5 nitrogen and oxygen atoms in total.